The van der Waals surface area contributed by atoms with E-state index in [-0.39, 0.29) is 18.8 Å². The summed E-state index contributed by atoms with van der Waals surface area (Å²) in [6.45, 7) is -0.197. The molecular formula is C27H24BrNO5. The van der Waals surface area contributed by atoms with Crippen LogP contribution < -0.4 is 10.1 Å². The number of rotatable bonds is 8. The maximum absolute atomic E-state index is 13.1. The molecule has 0 bridgehead atoms. The summed E-state index contributed by atoms with van der Waals surface area (Å²) in [5, 5.41) is 25.0. The molecule has 0 aromatic heterocycles. The average Bonchev–Trinajstić information content (AvgIpc) is 2.85. The third-order valence-electron chi connectivity index (χ3n) is 5.34. The number of hydrogen-bond donors (Lipinski definition) is 3. The Morgan fingerprint density at radius 1 is 0.941 bits per heavy atom. The van der Waals surface area contributed by atoms with Crippen molar-refractivity contribution in [2.75, 3.05) is 11.9 Å². The lowest BCUT2D eigenvalue weighted by Gasteiger charge is -2.28. The minimum atomic E-state index is -1.00. The first-order chi connectivity index (χ1) is 16.5. The number of aromatic hydroxyl groups is 1. The Kier molecular flexibility index (Phi) is 7.67. The number of ether oxygens (including phenoxy) is 2. The number of phenolic OH excluding ortho intramolecular Hbond substituents is 1. The maximum atomic E-state index is 13.1. The van der Waals surface area contributed by atoms with Crippen molar-refractivity contribution in [3.05, 3.63) is 101 Å². The Morgan fingerprint density at radius 3 is 2.47 bits per heavy atom. The maximum Gasteiger partial charge on any atom is 0.412 e. The number of phenols is 1. The number of para-hydroxylation sites is 1. The van der Waals surface area contributed by atoms with E-state index in [4.69, 9.17) is 9.47 Å². The highest BCUT2D eigenvalue weighted by Crippen LogP contribution is 2.35. The first-order valence-corrected chi connectivity index (χ1v) is 11.6. The zero-order valence-electron chi connectivity index (χ0n) is 18.2. The van der Waals surface area contributed by atoms with Crippen molar-refractivity contribution in [2.45, 2.75) is 18.6 Å². The Bertz CT molecular complexity index is 1260. The molecule has 0 fully saturated rings. The van der Waals surface area contributed by atoms with Crippen LogP contribution in [-0.4, -0.2) is 29.0 Å². The van der Waals surface area contributed by atoms with Crippen LogP contribution in [0.5, 0.6) is 11.5 Å². The highest BCUT2D eigenvalue weighted by atomic mass is 79.9. The number of aliphatic hydroxyl groups excluding tert-OH is 1. The van der Waals surface area contributed by atoms with Gasteiger partial charge in [0.15, 0.2) is 6.10 Å². The lowest BCUT2D eigenvalue weighted by atomic mass is 10.0. The van der Waals surface area contributed by atoms with Crippen molar-refractivity contribution >= 4 is 38.5 Å². The molecule has 2 atom stereocenters. The molecule has 0 saturated heterocycles. The van der Waals surface area contributed by atoms with E-state index in [1.807, 2.05) is 54.6 Å². The molecule has 0 heterocycles. The summed E-state index contributed by atoms with van der Waals surface area (Å²) >= 11 is 3.41. The van der Waals surface area contributed by atoms with Crippen LogP contribution in [0.15, 0.2) is 95.5 Å². The zero-order valence-corrected chi connectivity index (χ0v) is 19.8. The van der Waals surface area contributed by atoms with Crippen LogP contribution in [0.25, 0.3) is 10.8 Å². The van der Waals surface area contributed by atoms with Crippen molar-refractivity contribution in [2.24, 2.45) is 0 Å². The first kappa shape index (κ1) is 23.6. The van der Waals surface area contributed by atoms with Gasteiger partial charge in [0.1, 0.15) is 17.6 Å². The molecule has 0 saturated carbocycles. The number of halogens is 1. The second kappa shape index (κ2) is 11.0. The third-order valence-corrected chi connectivity index (χ3v) is 5.83. The molecule has 1 amide bonds. The van der Waals surface area contributed by atoms with Gasteiger partial charge >= 0.3 is 6.09 Å². The van der Waals surface area contributed by atoms with Gasteiger partial charge in [-0.25, -0.2) is 4.79 Å². The topological polar surface area (TPSA) is 88.0 Å². The largest absolute Gasteiger partial charge is 0.508 e. The van der Waals surface area contributed by atoms with Crippen LogP contribution in [0, 0.1) is 0 Å². The van der Waals surface area contributed by atoms with Gasteiger partial charge in [-0.1, -0.05) is 70.5 Å². The normalized spacial score (nSPS) is 12.6. The number of benzene rings is 4. The van der Waals surface area contributed by atoms with Crippen molar-refractivity contribution in [3.63, 3.8) is 0 Å². The molecular weight excluding hydrogens is 498 g/mol. The number of carbonyl (C=O) groups excluding carboxylic acids is 1. The summed E-state index contributed by atoms with van der Waals surface area (Å²) in [7, 11) is 0. The van der Waals surface area contributed by atoms with E-state index in [2.05, 4.69) is 21.2 Å². The SMILES string of the molecule is O=C(Nc1cccc2ccccc12)O[C@H](c1cc(Br)ccc1O)[C@@H](CCO)Oc1ccccc1. The van der Waals surface area contributed by atoms with E-state index in [9.17, 15) is 15.0 Å². The van der Waals surface area contributed by atoms with Gasteiger partial charge in [0.25, 0.3) is 0 Å². The number of anilines is 1. The lowest BCUT2D eigenvalue weighted by molar-refractivity contribution is 0.00798. The van der Waals surface area contributed by atoms with E-state index >= 15 is 0 Å². The van der Waals surface area contributed by atoms with E-state index in [0.29, 0.717) is 21.5 Å². The predicted octanol–water partition coefficient (Wildman–Crippen LogP) is 6.43. The van der Waals surface area contributed by atoms with Crippen molar-refractivity contribution in [3.8, 4) is 11.5 Å². The van der Waals surface area contributed by atoms with Gasteiger partial charge in [-0.15, -0.1) is 0 Å². The molecule has 4 aromatic rings. The number of fused-ring (bicyclic) bond motifs is 1. The Morgan fingerprint density at radius 2 is 1.68 bits per heavy atom. The molecule has 174 valence electrons. The summed E-state index contributed by atoms with van der Waals surface area (Å²) < 4.78 is 12.6. The standard InChI is InChI=1S/C27H24BrNO5/c28-19-13-14-24(31)22(17-19)26(25(15-16-30)33-20-9-2-1-3-10-20)34-27(32)29-23-12-6-8-18-7-4-5-11-21(18)23/h1-14,17,25-26,30-31H,15-16H2,(H,29,32)/t25-,26-/m1/s1. The molecule has 4 aromatic carbocycles. The van der Waals surface area contributed by atoms with Gasteiger partial charge < -0.3 is 19.7 Å². The highest BCUT2D eigenvalue weighted by Gasteiger charge is 2.31. The van der Waals surface area contributed by atoms with Crippen molar-refractivity contribution < 1.29 is 24.5 Å². The number of hydrogen-bond acceptors (Lipinski definition) is 5. The van der Waals surface area contributed by atoms with Gasteiger partial charge in [0.05, 0.1) is 5.69 Å². The van der Waals surface area contributed by atoms with Gasteiger partial charge in [0.2, 0.25) is 0 Å². The van der Waals surface area contributed by atoms with Gasteiger partial charge in [-0.3, -0.25) is 5.32 Å². The highest BCUT2D eigenvalue weighted by molar-refractivity contribution is 9.10. The van der Waals surface area contributed by atoms with Crippen LogP contribution in [0.3, 0.4) is 0 Å². The van der Waals surface area contributed by atoms with Crippen LogP contribution in [0.2, 0.25) is 0 Å². The van der Waals surface area contributed by atoms with E-state index in [1.54, 1.807) is 30.3 Å². The summed E-state index contributed by atoms with van der Waals surface area (Å²) in [6.07, 6.45) is -2.29. The number of carbonyl (C=O) groups is 1. The molecule has 34 heavy (non-hydrogen) atoms. The zero-order chi connectivity index (χ0) is 23.9. The van der Waals surface area contributed by atoms with Crippen molar-refractivity contribution in [1.29, 1.82) is 0 Å². The monoisotopic (exact) mass is 521 g/mol. The molecule has 0 aliphatic carbocycles. The van der Waals surface area contributed by atoms with Crippen LogP contribution >= 0.6 is 15.9 Å². The molecule has 6 nitrogen and oxygen atoms in total. The molecule has 7 heteroatoms. The molecule has 0 spiro atoms. The van der Waals surface area contributed by atoms with Crippen LogP contribution in [0.1, 0.15) is 18.1 Å². The fourth-order valence-corrected chi connectivity index (χ4v) is 4.13. The van der Waals surface area contributed by atoms with Crippen LogP contribution in [-0.2, 0) is 4.74 Å². The smallest absolute Gasteiger partial charge is 0.412 e. The van der Waals surface area contributed by atoms with Gasteiger partial charge in [-0.05, 0) is 41.8 Å². The molecule has 0 unspecified atom stereocenters. The molecule has 4 rings (SSSR count). The minimum Gasteiger partial charge on any atom is -0.508 e. The molecule has 0 radical (unpaired) electrons. The minimum absolute atomic E-state index is 0.0502. The van der Waals surface area contributed by atoms with E-state index in [0.717, 1.165) is 10.8 Å². The third kappa shape index (κ3) is 5.68. The Labute approximate surface area is 205 Å². The first-order valence-electron chi connectivity index (χ1n) is 10.8. The Hall–Kier alpha value is -3.55. The average molecular weight is 522 g/mol. The van der Waals surface area contributed by atoms with Crippen molar-refractivity contribution in [1.82, 2.24) is 0 Å². The fourth-order valence-electron chi connectivity index (χ4n) is 3.76. The summed E-state index contributed by atoms with van der Waals surface area (Å²) in [5.74, 6) is 0.504. The number of amides is 1. The second-order valence-corrected chi connectivity index (χ2v) is 8.58. The predicted molar refractivity (Wildman–Crippen MR) is 135 cm³/mol. The fraction of sp³-hybridized carbons (Fsp3) is 0.148. The van der Waals surface area contributed by atoms with Crippen LogP contribution in [0.4, 0.5) is 10.5 Å². The second-order valence-electron chi connectivity index (χ2n) is 7.66. The number of nitrogens with one attached hydrogen (secondary N) is 1. The summed E-state index contributed by atoms with van der Waals surface area (Å²) in [4.78, 5) is 13.1. The Balaban J connectivity index is 1.65. The summed E-state index contributed by atoms with van der Waals surface area (Å²) in [5.41, 5.74) is 0.958. The molecule has 0 aliphatic rings. The van der Waals surface area contributed by atoms with Gasteiger partial charge in [0, 0.05) is 28.5 Å². The molecule has 0 aliphatic heterocycles. The quantitative estimate of drug-likeness (QED) is 0.248. The van der Waals surface area contributed by atoms with E-state index < -0.39 is 18.3 Å². The lowest BCUT2D eigenvalue weighted by Crippen LogP contribution is -2.32. The van der Waals surface area contributed by atoms with Gasteiger partial charge in [-0.2, -0.15) is 0 Å². The molecule has 3 N–H and O–H groups in total. The number of aliphatic hydroxyl groups is 1. The summed E-state index contributed by atoms with van der Waals surface area (Å²) in [6, 6.07) is 27.2. The van der Waals surface area contributed by atoms with E-state index in [1.165, 1.54) is 6.07 Å².